The molecule has 4 rings (SSSR count). The van der Waals surface area contributed by atoms with Gasteiger partial charge in [0.2, 0.25) is 5.91 Å². The number of nitrogens with zero attached hydrogens (tertiary/aromatic N) is 4. The van der Waals surface area contributed by atoms with E-state index in [1.54, 1.807) is 25.0 Å². The number of carbonyl (C=O) groups is 1. The van der Waals surface area contributed by atoms with E-state index in [-0.39, 0.29) is 11.8 Å². The van der Waals surface area contributed by atoms with Crippen LogP contribution in [0.5, 0.6) is 0 Å². The first-order valence-electron chi connectivity index (χ1n) is 9.24. The second kappa shape index (κ2) is 8.18. The van der Waals surface area contributed by atoms with Crippen LogP contribution in [0.15, 0.2) is 59.9 Å². The van der Waals surface area contributed by atoms with E-state index >= 15 is 0 Å². The molecular formula is C20H23N5O2. The molecule has 0 spiro atoms. The first kappa shape index (κ1) is 17.5. The maximum atomic E-state index is 12.7. The number of furan rings is 1. The predicted octanol–water partition coefficient (Wildman–Crippen LogP) is 2.39. The highest BCUT2D eigenvalue weighted by molar-refractivity contribution is 5.79. The standard InChI is InChI=1S/C20H23N5O2/c26-20(17-5-2-9-24(13-17)14-18-6-3-11-27-18)23-12-16-4-1-7-22-19(16)25-10-8-21-15-25/h1,3-4,6-8,10-11,15,17H,2,5,9,12-14H2,(H,23,26)/t17-/m0/s1. The molecule has 0 aromatic carbocycles. The second-order valence-electron chi connectivity index (χ2n) is 6.83. The van der Waals surface area contributed by atoms with E-state index in [9.17, 15) is 4.79 Å². The molecule has 0 bridgehead atoms. The van der Waals surface area contributed by atoms with E-state index in [2.05, 4.69) is 20.2 Å². The van der Waals surface area contributed by atoms with Crippen molar-refractivity contribution in [3.8, 4) is 5.82 Å². The SMILES string of the molecule is O=C(NCc1cccnc1-n1ccnc1)[C@H]1CCCN(Cc2ccco2)C1. The summed E-state index contributed by atoms with van der Waals surface area (Å²) in [6.45, 7) is 2.96. The topological polar surface area (TPSA) is 76.2 Å². The molecule has 1 saturated heterocycles. The number of rotatable bonds is 6. The van der Waals surface area contributed by atoms with Gasteiger partial charge in [-0.3, -0.25) is 14.3 Å². The van der Waals surface area contributed by atoms with Crippen molar-refractivity contribution in [2.75, 3.05) is 13.1 Å². The third-order valence-electron chi connectivity index (χ3n) is 4.91. The Hall–Kier alpha value is -2.93. The van der Waals surface area contributed by atoms with E-state index < -0.39 is 0 Å². The van der Waals surface area contributed by atoms with Gasteiger partial charge in [0.25, 0.3) is 0 Å². The molecule has 140 valence electrons. The maximum Gasteiger partial charge on any atom is 0.224 e. The fourth-order valence-corrected chi connectivity index (χ4v) is 3.55. The van der Waals surface area contributed by atoms with Gasteiger partial charge in [-0.1, -0.05) is 6.07 Å². The number of likely N-dealkylation sites (tertiary alicyclic amines) is 1. The highest BCUT2D eigenvalue weighted by atomic mass is 16.3. The quantitative estimate of drug-likeness (QED) is 0.726. The number of aromatic nitrogens is 3. The van der Waals surface area contributed by atoms with E-state index in [0.29, 0.717) is 6.54 Å². The van der Waals surface area contributed by atoms with Gasteiger partial charge < -0.3 is 9.73 Å². The molecule has 27 heavy (non-hydrogen) atoms. The van der Waals surface area contributed by atoms with Gasteiger partial charge >= 0.3 is 0 Å². The Labute approximate surface area is 158 Å². The van der Waals surface area contributed by atoms with Crippen LogP contribution in [-0.2, 0) is 17.9 Å². The van der Waals surface area contributed by atoms with E-state index in [1.165, 1.54) is 0 Å². The van der Waals surface area contributed by atoms with Crippen molar-refractivity contribution in [2.24, 2.45) is 5.92 Å². The number of nitrogens with one attached hydrogen (secondary N) is 1. The van der Waals surface area contributed by atoms with Crippen LogP contribution in [0.25, 0.3) is 5.82 Å². The summed E-state index contributed by atoms with van der Waals surface area (Å²) >= 11 is 0. The molecule has 1 N–H and O–H groups in total. The number of piperidine rings is 1. The van der Waals surface area contributed by atoms with Crippen molar-refractivity contribution >= 4 is 5.91 Å². The summed E-state index contributed by atoms with van der Waals surface area (Å²) in [6, 6.07) is 7.74. The number of hydrogen-bond acceptors (Lipinski definition) is 5. The molecule has 3 aromatic rings. The summed E-state index contributed by atoms with van der Waals surface area (Å²) in [6.07, 6.45) is 10.6. The summed E-state index contributed by atoms with van der Waals surface area (Å²) in [4.78, 5) is 23.5. The van der Waals surface area contributed by atoms with Gasteiger partial charge in [-0.25, -0.2) is 9.97 Å². The van der Waals surface area contributed by atoms with Crippen molar-refractivity contribution in [1.29, 1.82) is 0 Å². The Kier molecular flexibility index (Phi) is 5.29. The molecule has 0 aliphatic carbocycles. The third-order valence-corrected chi connectivity index (χ3v) is 4.91. The molecule has 4 heterocycles. The summed E-state index contributed by atoms with van der Waals surface area (Å²) < 4.78 is 7.28. The van der Waals surface area contributed by atoms with Crippen molar-refractivity contribution in [3.63, 3.8) is 0 Å². The molecule has 7 heteroatoms. The van der Waals surface area contributed by atoms with Crippen molar-refractivity contribution < 1.29 is 9.21 Å². The van der Waals surface area contributed by atoms with Gasteiger partial charge in [0.05, 0.1) is 18.7 Å². The van der Waals surface area contributed by atoms with Gasteiger partial charge in [0.1, 0.15) is 17.9 Å². The van der Waals surface area contributed by atoms with E-state index in [0.717, 1.165) is 49.6 Å². The van der Waals surface area contributed by atoms with E-state index in [1.807, 2.05) is 35.0 Å². The molecule has 1 amide bonds. The number of pyridine rings is 1. The number of imidazole rings is 1. The molecule has 1 fully saturated rings. The average Bonchev–Trinajstić information content (AvgIpc) is 3.41. The van der Waals surface area contributed by atoms with Crippen LogP contribution in [0.4, 0.5) is 0 Å². The first-order valence-corrected chi connectivity index (χ1v) is 9.24. The Morgan fingerprint density at radius 1 is 1.30 bits per heavy atom. The normalized spacial score (nSPS) is 17.7. The summed E-state index contributed by atoms with van der Waals surface area (Å²) in [5.41, 5.74) is 0.965. The third kappa shape index (κ3) is 4.25. The lowest BCUT2D eigenvalue weighted by Gasteiger charge is -2.31. The van der Waals surface area contributed by atoms with Gasteiger partial charge in [-0.05, 0) is 37.6 Å². The molecule has 0 radical (unpaired) electrons. The Morgan fingerprint density at radius 3 is 3.07 bits per heavy atom. The van der Waals surface area contributed by atoms with Gasteiger partial charge in [-0.15, -0.1) is 0 Å². The van der Waals surface area contributed by atoms with E-state index in [4.69, 9.17) is 4.42 Å². The lowest BCUT2D eigenvalue weighted by Crippen LogP contribution is -2.42. The molecule has 0 saturated carbocycles. The van der Waals surface area contributed by atoms with Crippen LogP contribution in [0, 0.1) is 5.92 Å². The molecule has 1 aliphatic rings. The Morgan fingerprint density at radius 2 is 2.26 bits per heavy atom. The maximum absolute atomic E-state index is 12.7. The van der Waals surface area contributed by atoms with Crippen LogP contribution in [0.1, 0.15) is 24.2 Å². The number of amides is 1. The Bertz CT molecular complexity index is 860. The van der Waals surface area contributed by atoms with Crippen LogP contribution in [0.2, 0.25) is 0 Å². The molecule has 1 atom stereocenters. The minimum absolute atomic E-state index is 0.00192. The zero-order chi connectivity index (χ0) is 18.5. The molecule has 0 unspecified atom stereocenters. The highest BCUT2D eigenvalue weighted by Gasteiger charge is 2.26. The number of hydrogen-bond donors (Lipinski definition) is 1. The monoisotopic (exact) mass is 365 g/mol. The van der Waals surface area contributed by atoms with Crippen molar-refractivity contribution in [1.82, 2.24) is 24.8 Å². The zero-order valence-corrected chi connectivity index (χ0v) is 15.1. The average molecular weight is 365 g/mol. The first-order chi connectivity index (χ1) is 13.3. The largest absolute Gasteiger partial charge is 0.468 e. The van der Waals surface area contributed by atoms with Crippen molar-refractivity contribution in [2.45, 2.75) is 25.9 Å². The number of carbonyl (C=O) groups excluding carboxylic acids is 1. The lowest BCUT2D eigenvalue weighted by atomic mass is 9.97. The highest BCUT2D eigenvalue weighted by Crippen LogP contribution is 2.19. The second-order valence-corrected chi connectivity index (χ2v) is 6.83. The summed E-state index contributed by atoms with van der Waals surface area (Å²) in [7, 11) is 0. The minimum atomic E-state index is 0.00192. The van der Waals surface area contributed by atoms with Crippen LogP contribution in [-0.4, -0.2) is 38.4 Å². The summed E-state index contributed by atoms with van der Waals surface area (Å²) in [5.74, 6) is 1.83. The molecular weight excluding hydrogens is 342 g/mol. The molecule has 7 nitrogen and oxygen atoms in total. The smallest absolute Gasteiger partial charge is 0.224 e. The minimum Gasteiger partial charge on any atom is -0.468 e. The van der Waals surface area contributed by atoms with Crippen LogP contribution >= 0.6 is 0 Å². The Balaban J connectivity index is 1.36. The fraction of sp³-hybridized carbons (Fsp3) is 0.350. The van der Waals surface area contributed by atoms with Gasteiger partial charge in [-0.2, -0.15) is 0 Å². The van der Waals surface area contributed by atoms with Crippen LogP contribution < -0.4 is 5.32 Å². The predicted molar refractivity (Wildman–Crippen MR) is 99.9 cm³/mol. The lowest BCUT2D eigenvalue weighted by molar-refractivity contribution is -0.127. The molecule has 3 aromatic heterocycles. The molecule has 1 aliphatic heterocycles. The van der Waals surface area contributed by atoms with Gasteiger partial charge in [0.15, 0.2) is 0 Å². The fourth-order valence-electron chi connectivity index (χ4n) is 3.55. The van der Waals surface area contributed by atoms with Crippen LogP contribution in [0.3, 0.4) is 0 Å². The zero-order valence-electron chi connectivity index (χ0n) is 15.1. The van der Waals surface area contributed by atoms with Gasteiger partial charge in [0, 0.05) is 37.2 Å². The summed E-state index contributed by atoms with van der Waals surface area (Å²) in [5, 5.41) is 3.09. The van der Waals surface area contributed by atoms with Crippen molar-refractivity contribution in [3.05, 3.63) is 66.8 Å².